The van der Waals surface area contributed by atoms with Crippen LogP contribution >= 0.6 is 11.3 Å². The third-order valence-electron chi connectivity index (χ3n) is 3.81. The summed E-state index contributed by atoms with van der Waals surface area (Å²) in [7, 11) is 1.67. The molecule has 1 aliphatic carbocycles. The lowest BCUT2D eigenvalue weighted by atomic mass is 10.0. The number of rotatable bonds is 3. The Morgan fingerprint density at radius 2 is 1.89 bits per heavy atom. The predicted molar refractivity (Wildman–Crippen MR) is 78.4 cm³/mol. The number of benzene rings is 1. The summed E-state index contributed by atoms with van der Waals surface area (Å²) in [5.74, 6) is 0.866. The average molecular weight is 274 g/mol. The average Bonchev–Trinajstić information content (AvgIpc) is 3.08. The van der Waals surface area contributed by atoms with E-state index in [4.69, 9.17) is 15.5 Å². The first-order valence-corrected chi connectivity index (χ1v) is 7.48. The fourth-order valence-electron chi connectivity index (χ4n) is 2.62. The van der Waals surface area contributed by atoms with E-state index >= 15 is 0 Å². The van der Waals surface area contributed by atoms with Gasteiger partial charge in [0.15, 0.2) is 0 Å². The highest BCUT2D eigenvalue weighted by Crippen LogP contribution is 2.39. The second kappa shape index (κ2) is 4.94. The maximum Gasteiger partial charge on any atom is 0.118 e. The number of hydrogen-bond donors (Lipinski definition) is 1. The van der Waals surface area contributed by atoms with Gasteiger partial charge < -0.3 is 10.5 Å². The molecule has 0 saturated heterocycles. The molecule has 1 fully saturated rings. The van der Waals surface area contributed by atoms with E-state index in [9.17, 15) is 0 Å². The van der Waals surface area contributed by atoms with Crippen LogP contribution in [-0.4, -0.2) is 12.1 Å². The summed E-state index contributed by atoms with van der Waals surface area (Å²) in [6.45, 7) is 0. The Morgan fingerprint density at radius 1 is 1.21 bits per heavy atom. The number of nitrogens with two attached hydrogens (primary N) is 1. The van der Waals surface area contributed by atoms with E-state index < -0.39 is 0 Å². The number of methoxy groups -OCH3 is 1. The molecular weight excluding hydrogens is 256 g/mol. The molecule has 3 rings (SSSR count). The molecule has 0 aliphatic heterocycles. The van der Waals surface area contributed by atoms with Crippen molar-refractivity contribution in [3.8, 4) is 17.0 Å². The predicted octanol–water partition coefficient (Wildman–Crippen LogP) is 3.55. The molecule has 0 radical (unpaired) electrons. The van der Waals surface area contributed by atoms with Crippen molar-refractivity contribution >= 4 is 11.3 Å². The lowest BCUT2D eigenvalue weighted by molar-refractivity contribution is 0.415. The fourth-order valence-corrected chi connectivity index (χ4v) is 3.62. The summed E-state index contributed by atoms with van der Waals surface area (Å²) in [5, 5.41) is 3.18. The molecule has 100 valence electrons. The minimum atomic E-state index is -0.185. The summed E-state index contributed by atoms with van der Waals surface area (Å²) in [6.07, 6.45) is 4.55. The molecule has 3 nitrogen and oxygen atoms in total. The van der Waals surface area contributed by atoms with Crippen LogP contribution in [0.4, 0.5) is 0 Å². The second-order valence-corrected chi connectivity index (χ2v) is 5.99. The number of ether oxygens (including phenoxy) is 1. The van der Waals surface area contributed by atoms with Gasteiger partial charge >= 0.3 is 0 Å². The Balaban J connectivity index is 1.87. The smallest absolute Gasteiger partial charge is 0.118 e. The molecule has 1 saturated carbocycles. The first kappa shape index (κ1) is 12.6. The van der Waals surface area contributed by atoms with Gasteiger partial charge in [0, 0.05) is 10.9 Å². The summed E-state index contributed by atoms with van der Waals surface area (Å²) in [6, 6.07) is 8.00. The van der Waals surface area contributed by atoms with Crippen molar-refractivity contribution in [1.29, 1.82) is 0 Å². The molecule has 4 heteroatoms. The van der Waals surface area contributed by atoms with E-state index in [0.717, 1.165) is 34.9 Å². The quantitative estimate of drug-likeness (QED) is 0.931. The molecule has 0 amide bonds. The van der Waals surface area contributed by atoms with Crippen molar-refractivity contribution in [3.63, 3.8) is 0 Å². The molecular formula is C15H18N2OS. The number of nitrogens with zero attached hydrogens (tertiary/aromatic N) is 1. The van der Waals surface area contributed by atoms with Crippen LogP contribution in [0.15, 0.2) is 29.6 Å². The molecule has 1 aromatic heterocycles. The van der Waals surface area contributed by atoms with Crippen LogP contribution in [0, 0.1) is 0 Å². The molecule has 2 aromatic rings. The number of thiazole rings is 1. The summed E-state index contributed by atoms with van der Waals surface area (Å²) in [5.41, 5.74) is 8.39. The standard InChI is InChI=1S/C15H18N2OS/c1-18-12-6-4-11(5-7-12)13-10-19-14(17-13)15(16)8-2-3-9-15/h4-7,10H,2-3,8-9,16H2,1H3. The minimum Gasteiger partial charge on any atom is -0.497 e. The Hall–Kier alpha value is -1.39. The largest absolute Gasteiger partial charge is 0.497 e. The highest BCUT2D eigenvalue weighted by atomic mass is 32.1. The molecule has 19 heavy (non-hydrogen) atoms. The molecule has 1 aromatic carbocycles. The van der Waals surface area contributed by atoms with Gasteiger partial charge in [-0.15, -0.1) is 11.3 Å². The van der Waals surface area contributed by atoms with Gasteiger partial charge in [0.2, 0.25) is 0 Å². The van der Waals surface area contributed by atoms with Crippen molar-refractivity contribution < 1.29 is 4.74 Å². The summed E-state index contributed by atoms with van der Waals surface area (Å²) >= 11 is 1.68. The molecule has 2 N–H and O–H groups in total. The second-order valence-electron chi connectivity index (χ2n) is 5.13. The normalized spacial score (nSPS) is 17.6. The van der Waals surface area contributed by atoms with Crippen LogP contribution in [0.1, 0.15) is 30.7 Å². The first-order valence-electron chi connectivity index (χ1n) is 6.61. The van der Waals surface area contributed by atoms with Gasteiger partial charge in [0.05, 0.1) is 18.3 Å². The number of hydrogen-bond acceptors (Lipinski definition) is 4. The molecule has 0 atom stereocenters. The monoisotopic (exact) mass is 274 g/mol. The zero-order valence-electron chi connectivity index (χ0n) is 11.1. The highest BCUT2D eigenvalue weighted by molar-refractivity contribution is 7.10. The number of aromatic nitrogens is 1. The van der Waals surface area contributed by atoms with Crippen LogP contribution in [0.3, 0.4) is 0 Å². The molecule has 1 aliphatic rings. The minimum absolute atomic E-state index is 0.185. The van der Waals surface area contributed by atoms with Crippen molar-refractivity contribution in [2.75, 3.05) is 7.11 Å². The third kappa shape index (κ3) is 2.38. The van der Waals surface area contributed by atoms with Crippen molar-refractivity contribution in [2.24, 2.45) is 5.73 Å². The first-order chi connectivity index (χ1) is 9.21. The van der Waals surface area contributed by atoms with Crippen LogP contribution in [0.5, 0.6) is 5.75 Å². The van der Waals surface area contributed by atoms with E-state index in [0.29, 0.717) is 0 Å². The van der Waals surface area contributed by atoms with Gasteiger partial charge in [0.25, 0.3) is 0 Å². The van der Waals surface area contributed by atoms with Crippen LogP contribution in [0.25, 0.3) is 11.3 Å². The highest BCUT2D eigenvalue weighted by Gasteiger charge is 2.34. The zero-order chi connectivity index (χ0) is 13.3. The SMILES string of the molecule is COc1ccc(-c2csc(C3(N)CCCC3)n2)cc1. The Kier molecular flexibility index (Phi) is 3.29. The van der Waals surface area contributed by atoms with Gasteiger partial charge in [-0.1, -0.05) is 12.8 Å². The maximum absolute atomic E-state index is 6.45. The van der Waals surface area contributed by atoms with Gasteiger partial charge in [-0.05, 0) is 37.1 Å². The zero-order valence-corrected chi connectivity index (χ0v) is 11.9. The van der Waals surface area contributed by atoms with E-state index in [1.165, 1.54) is 12.8 Å². The van der Waals surface area contributed by atoms with Gasteiger partial charge in [-0.2, -0.15) is 0 Å². The Bertz CT molecular complexity index is 556. The van der Waals surface area contributed by atoms with Crippen LogP contribution < -0.4 is 10.5 Å². The van der Waals surface area contributed by atoms with E-state index in [1.54, 1.807) is 18.4 Å². The van der Waals surface area contributed by atoms with Gasteiger partial charge in [-0.3, -0.25) is 0 Å². The van der Waals surface area contributed by atoms with Crippen molar-refractivity contribution in [2.45, 2.75) is 31.2 Å². The maximum atomic E-state index is 6.45. The Morgan fingerprint density at radius 3 is 2.53 bits per heavy atom. The van der Waals surface area contributed by atoms with Crippen molar-refractivity contribution in [1.82, 2.24) is 4.98 Å². The lowest BCUT2D eigenvalue weighted by Crippen LogP contribution is -2.32. The van der Waals surface area contributed by atoms with Crippen LogP contribution in [-0.2, 0) is 5.54 Å². The van der Waals surface area contributed by atoms with Gasteiger partial charge in [0.1, 0.15) is 10.8 Å². The van der Waals surface area contributed by atoms with E-state index in [2.05, 4.69) is 5.38 Å². The van der Waals surface area contributed by atoms with Crippen LogP contribution in [0.2, 0.25) is 0 Å². The summed E-state index contributed by atoms with van der Waals surface area (Å²) < 4.78 is 5.17. The third-order valence-corrected chi connectivity index (χ3v) is 4.87. The van der Waals surface area contributed by atoms with Gasteiger partial charge in [-0.25, -0.2) is 4.98 Å². The topological polar surface area (TPSA) is 48.1 Å². The lowest BCUT2D eigenvalue weighted by Gasteiger charge is -2.19. The van der Waals surface area contributed by atoms with E-state index in [1.807, 2.05) is 24.3 Å². The molecule has 1 heterocycles. The molecule has 0 spiro atoms. The Labute approximate surface area is 117 Å². The molecule has 0 unspecified atom stereocenters. The fraction of sp³-hybridized carbons (Fsp3) is 0.400. The van der Waals surface area contributed by atoms with E-state index in [-0.39, 0.29) is 5.54 Å². The molecule has 0 bridgehead atoms. The van der Waals surface area contributed by atoms with Crippen molar-refractivity contribution in [3.05, 3.63) is 34.7 Å². The summed E-state index contributed by atoms with van der Waals surface area (Å²) in [4.78, 5) is 4.74.